The molecule has 2 rings (SSSR count). The lowest BCUT2D eigenvalue weighted by molar-refractivity contribution is 0.475. The van der Waals surface area contributed by atoms with Gasteiger partial charge in [0.25, 0.3) is 6.26 Å². The fourth-order valence-electron chi connectivity index (χ4n) is 1.90. The van der Waals surface area contributed by atoms with E-state index in [-0.39, 0.29) is 0 Å². The molecule has 0 bridgehead atoms. The molecular formula is C16H17NO2. The van der Waals surface area contributed by atoms with Crippen molar-refractivity contribution in [2.45, 2.75) is 19.8 Å². The first kappa shape index (κ1) is 14.6. The number of aliphatic hydroxyl groups is 1. The van der Waals surface area contributed by atoms with Crippen molar-refractivity contribution in [1.29, 1.82) is 5.26 Å². The number of benzene rings is 2. The van der Waals surface area contributed by atoms with Gasteiger partial charge in [0.1, 0.15) is 5.75 Å². The van der Waals surface area contributed by atoms with Gasteiger partial charge in [-0.05, 0) is 34.7 Å². The summed E-state index contributed by atoms with van der Waals surface area (Å²) in [7, 11) is 0. The molecule has 3 heteroatoms. The fraction of sp³-hybridized carbons (Fsp3) is 0.188. The topological polar surface area (TPSA) is 64.2 Å². The Labute approximate surface area is 113 Å². The minimum absolute atomic E-state index is 0.311. The maximum Gasteiger partial charge on any atom is 0.283 e. The number of aliphatic hydroxyl groups excluding tert-OH is 1. The highest BCUT2D eigenvalue weighted by molar-refractivity contribution is 5.68. The number of nitriles is 1. The SMILES string of the molecule is CC(C)c1ccccc1-c1ccc(O)cc1.N#CO. The third-order valence-electron chi connectivity index (χ3n) is 2.76. The molecule has 0 aliphatic heterocycles. The fourth-order valence-corrected chi connectivity index (χ4v) is 1.90. The van der Waals surface area contributed by atoms with Crippen molar-refractivity contribution in [2.24, 2.45) is 0 Å². The van der Waals surface area contributed by atoms with E-state index < -0.39 is 0 Å². The summed E-state index contributed by atoms with van der Waals surface area (Å²) < 4.78 is 0. The van der Waals surface area contributed by atoms with Crippen LogP contribution < -0.4 is 0 Å². The summed E-state index contributed by atoms with van der Waals surface area (Å²) in [6, 6.07) is 15.8. The molecule has 0 radical (unpaired) electrons. The molecule has 0 aromatic heterocycles. The molecule has 2 aromatic rings. The van der Waals surface area contributed by atoms with Crippen molar-refractivity contribution in [3.63, 3.8) is 0 Å². The lowest BCUT2D eigenvalue weighted by Gasteiger charge is -2.12. The first-order valence-corrected chi connectivity index (χ1v) is 6.01. The molecule has 0 spiro atoms. The van der Waals surface area contributed by atoms with Crippen molar-refractivity contribution in [3.05, 3.63) is 54.1 Å². The summed E-state index contributed by atoms with van der Waals surface area (Å²) in [5.41, 5.74) is 3.74. The van der Waals surface area contributed by atoms with Crippen molar-refractivity contribution in [3.8, 4) is 23.1 Å². The van der Waals surface area contributed by atoms with E-state index in [4.69, 9.17) is 10.4 Å². The monoisotopic (exact) mass is 255 g/mol. The van der Waals surface area contributed by atoms with Crippen LogP contribution in [0.2, 0.25) is 0 Å². The van der Waals surface area contributed by atoms with Crippen LogP contribution in [0.3, 0.4) is 0 Å². The van der Waals surface area contributed by atoms with Gasteiger partial charge in [-0.1, -0.05) is 50.2 Å². The number of hydrogen-bond donors (Lipinski definition) is 2. The van der Waals surface area contributed by atoms with Gasteiger partial charge >= 0.3 is 0 Å². The average molecular weight is 255 g/mol. The van der Waals surface area contributed by atoms with Crippen LogP contribution in [0.1, 0.15) is 25.3 Å². The van der Waals surface area contributed by atoms with Gasteiger partial charge in [0, 0.05) is 0 Å². The zero-order valence-corrected chi connectivity index (χ0v) is 11.0. The molecule has 0 fully saturated rings. The lowest BCUT2D eigenvalue weighted by atomic mass is 9.93. The number of nitrogens with zero attached hydrogens (tertiary/aromatic N) is 1. The summed E-state index contributed by atoms with van der Waals surface area (Å²) in [6.45, 7) is 4.39. The normalized spacial score (nSPS) is 9.37. The minimum Gasteiger partial charge on any atom is -0.508 e. The Hall–Kier alpha value is -2.47. The van der Waals surface area contributed by atoms with E-state index in [1.165, 1.54) is 11.1 Å². The second kappa shape index (κ2) is 7.07. The van der Waals surface area contributed by atoms with Crippen molar-refractivity contribution in [1.82, 2.24) is 0 Å². The first-order chi connectivity index (χ1) is 9.10. The van der Waals surface area contributed by atoms with Crippen LogP contribution in [-0.2, 0) is 0 Å². The highest BCUT2D eigenvalue weighted by Gasteiger charge is 2.07. The summed E-state index contributed by atoms with van der Waals surface area (Å²) in [4.78, 5) is 0. The van der Waals surface area contributed by atoms with E-state index in [0.717, 1.165) is 11.8 Å². The standard InChI is InChI=1S/C15H16O.CHNO/c1-11(2)14-5-3-4-6-15(14)12-7-9-13(16)10-8-12;2-1-3/h3-11,16H,1-2H3;3H. The molecule has 0 heterocycles. The summed E-state index contributed by atoms with van der Waals surface area (Å²) in [5.74, 6) is 0.816. The first-order valence-electron chi connectivity index (χ1n) is 6.01. The van der Waals surface area contributed by atoms with Gasteiger partial charge in [0.05, 0.1) is 0 Å². The summed E-state index contributed by atoms with van der Waals surface area (Å²) >= 11 is 0. The molecule has 3 nitrogen and oxygen atoms in total. The van der Waals surface area contributed by atoms with E-state index in [1.807, 2.05) is 18.2 Å². The second-order valence-corrected chi connectivity index (χ2v) is 4.39. The highest BCUT2D eigenvalue weighted by Crippen LogP contribution is 2.29. The summed E-state index contributed by atoms with van der Waals surface area (Å²) in [5, 5.41) is 23.0. The number of aromatic hydroxyl groups is 1. The van der Waals surface area contributed by atoms with Gasteiger partial charge in [0.2, 0.25) is 0 Å². The van der Waals surface area contributed by atoms with Crippen LogP contribution in [0.5, 0.6) is 5.75 Å². The van der Waals surface area contributed by atoms with Crippen molar-refractivity contribution < 1.29 is 10.2 Å². The Balaban J connectivity index is 0.000000550. The number of phenols is 1. The Morgan fingerprint density at radius 3 is 2.05 bits per heavy atom. The number of phenolic OH excluding ortho intramolecular Hbond substituents is 1. The van der Waals surface area contributed by atoms with Crippen molar-refractivity contribution >= 4 is 0 Å². The maximum atomic E-state index is 9.28. The second-order valence-electron chi connectivity index (χ2n) is 4.39. The van der Waals surface area contributed by atoms with Crippen LogP contribution in [0.15, 0.2) is 48.5 Å². The highest BCUT2D eigenvalue weighted by atomic mass is 16.3. The minimum atomic E-state index is 0.311. The van der Waals surface area contributed by atoms with Gasteiger partial charge in [-0.25, -0.2) is 0 Å². The van der Waals surface area contributed by atoms with Gasteiger partial charge in [-0.3, -0.25) is 0 Å². The molecule has 2 N–H and O–H groups in total. The Kier molecular flexibility index (Phi) is 5.43. The molecule has 98 valence electrons. The molecule has 0 amide bonds. The predicted molar refractivity (Wildman–Crippen MR) is 75.2 cm³/mol. The smallest absolute Gasteiger partial charge is 0.283 e. The van der Waals surface area contributed by atoms with Crippen molar-refractivity contribution in [2.75, 3.05) is 0 Å². The Morgan fingerprint density at radius 2 is 1.53 bits per heavy atom. The van der Waals surface area contributed by atoms with E-state index in [0.29, 0.717) is 11.7 Å². The molecule has 0 aliphatic carbocycles. The van der Waals surface area contributed by atoms with Crippen LogP contribution in [0.4, 0.5) is 0 Å². The van der Waals surface area contributed by atoms with Gasteiger partial charge in [-0.15, -0.1) is 0 Å². The number of hydrogen-bond acceptors (Lipinski definition) is 3. The molecule has 0 saturated heterocycles. The van der Waals surface area contributed by atoms with Gasteiger partial charge in [-0.2, -0.15) is 5.26 Å². The van der Waals surface area contributed by atoms with E-state index in [9.17, 15) is 5.11 Å². The van der Waals surface area contributed by atoms with E-state index in [1.54, 1.807) is 12.1 Å². The Morgan fingerprint density at radius 1 is 1.00 bits per heavy atom. The van der Waals surface area contributed by atoms with Crippen LogP contribution in [0.25, 0.3) is 11.1 Å². The molecule has 0 unspecified atom stereocenters. The predicted octanol–water partition coefficient (Wildman–Crippen LogP) is 4.02. The largest absolute Gasteiger partial charge is 0.508 e. The quantitative estimate of drug-likeness (QED) is 0.796. The maximum absolute atomic E-state index is 9.28. The number of rotatable bonds is 2. The molecule has 19 heavy (non-hydrogen) atoms. The van der Waals surface area contributed by atoms with Gasteiger partial charge < -0.3 is 10.2 Å². The van der Waals surface area contributed by atoms with Crippen LogP contribution in [-0.4, -0.2) is 10.2 Å². The van der Waals surface area contributed by atoms with Crippen LogP contribution >= 0.6 is 0 Å². The molecule has 2 aromatic carbocycles. The summed E-state index contributed by atoms with van der Waals surface area (Å²) in [6.07, 6.45) is 0.750. The third kappa shape index (κ3) is 4.04. The third-order valence-corrected chi connectivity index (χ3v) is 2.76. The van der Waals surface area contributed by atoms with E-state index in [2.05, 4.69) is 32.0 Å². The average Bonchev–Trinajstić information content (AvgIpc) is 2.40. The molecular weight excluding hydrogens is 238 g/mol. The van der Waals surface area contributed by atoms with Gasteiger partial charge in [0.15, 0.2) is 0 Å². The zero-order valence-electron chi connectivity index (χ0n) is 11.0. The molecule has 0 saturated carbocycles. The van der Waals surface area contributed by atoms with E-state index >= 15 is 0 Å². The lowest BCUT2D eigenvalue weighted by Crippen LogP contribution is -1.91. The molecule has 0 atom stereocenters. The van der Waals surface area contributed by atoms with Crippen LogP contribution in [0, 0.1) is 11.5 Å². The molecule has 0 aliphatic rings. The zero-order chi connectivity index (χ0) is 14.3. The Bertz CT molecular complexity index is 554.